The van der Waals surface area contributed by atoms with Crippen LogP contribution in [-0.4, -0.2) is 23.2 Å². The summed E-state index contributed by atoms with van der Waals surface area (Å²) in [5.41, 5.74) is -0.425. The molecule has 2 N–H and O–H groups in total. The normalized spacial score (nSPS) is 27.7. The SMILES string of the molecule is CCC(C)(O)CNC(=O)C1CCC(C(C)(C)C)CC1. The Hall–Kier alpha value is -0.570. The van der Waals surface area contributed by atoms with Gasteiger partial charge in [-0.2, -0.15) is 0 Å². The van der Waals surface area contributed by atoms with Crippen molar-refractivity contribution in [3.8, 4) is 0 Å². The van der Waals surface area contributed by atoms with Crippen LogP contribution in [0.3, 0.4) is 0 Å². The van der Waals surface area contributed by atoms with Gasteiger partial charge in [-0.3, -0.25) is 4.79 Å². The molecule has 112 valence electrons. The van der Waals surface area contributed by atoms with E-state index in [1.54, 1.807) is 6.92 Å². The lowest BCUT2D eigenvalue weighted by Crippen LogP contribution is -2.43. The molecule has 1 saturated carbocycles. The van der Waals surface area contributed by atoms with Crippen LogP contribution in [-0.2, 0) is 4.79 Å². The smallest absolute Gasteiger partial charge is 0.223 e. The van der Waals surface area contributed by atoms with Gasteiger partial charge in [-0.05, 0) is 50.4 Å². The van der Waals surface area contributed by atoms with Gasteiger partial charge < -0.3 is 10.4 Å². The number of amides is 1. The van der Waals surface area contributed by atoms with Crippen molar-refractivity contribution in [1.82, 2.24) is 5.32 Å². The Bertz CT molecular complexity index is 296. The standard InChI is InChI=1S/C16H31NO2/c1-6-16(5,19)11-17-14(18)12-7-9-13(10-8-12)15(2,3)4/h12-13,19H,6-11H2,1-5H3,(H,17,18). The first-order valence-electron chi connectivity index (χ1n) is 7.66. The van der Waals surface area contributed by atoms with Gasteiger partial charge in [0.25, 0.3) is 0 Å². The largest absolute Gasteiger partial charge is 0.388 e. The molecule has 1 unspecified atom stereocenters. The second kappa shape index (κ2) is 6.25. The van der Waals surface area contributed by atoms with Crippen molar-refractivity contribution in [3.63, 3.8) is 0 Å². The van der Waals surface area contributed by atoms with E-state index in [1.807, 2.05) is 6.92 Å². The molecule has 0 aliphatic heterocycles. The van der Waals surface area contributed by atoms with E-state index in [0.29, 0.717) is 18.4 Å². The topological polar surface area (TPSA) is 49.3 Å². The molecule has 0 aromatic rings. The summed E-state index contributed by atoms with van der Waals surface area (Å²) in [4.78, 5) is 12.1. The second-order valence-corrected chi connectivity index (χ2v) is 7.48. The molecule has 1 aliphatic carbocycles. The van der Waals surface area contributed by atoms with Crippen molar-refractivity contribution in [1.29, 1.82) is 0 Å². The number of hydrogen-bond donors (Lipinski definition) is 2. The molecule has 0 bridgehead atoms. The summed E-state index contributed by atoms with van der Waals surface area (Å²) in [6, 6.07) is 0. The average Bonchev–Trinajstić information content (AvgIpc) is 2.35. The molecule has 0 radical (unpaired) electrons. The highest BCUT2D eigenvalue weighted by molar-refractivity contribution is 5.78. The van der Waals surface area contributed by atoms with Gasteiger partial charge in [0.05, 0.1) is 5.60 Å². The number of carbonyl (C=O) groups excluding carboxylic acids is 1. The van der Waals surface area contributed by atoms with Crippen LogP contribution in [0.25, 0.3) is 0 Å². The third-order valence-corrected chi connectivity index (χ3v) is 4.73. The van der Waals surface area contributed by atoms with Gasteiger partial charge in [0, 0.05) is 12.5 Å². The zero-order valence-corrected chi connectivity index (χ0v) is 13.3. The zero-order valence-electron chi connectivity index (χ0n) is 13.3. The predicted octanol–water partition coefficient (Wildman–Crippen LogP) is 3.12. The van der Waals surface area contributed by atoms with Crippen LogP contribution in [0.15, 0.2) is 0 Å². The van der Waals surface area contributed by atoms with E-state index in [4.69, 9.17) is 0 Å². The van der Waals surface area contributed by atoms with Crippen LogP contribution in [0, 0.1) is 17.3 Å². The maximum Gasteiger partial charge on any atom is 0.223 e. The van der Waals surface area contributed by atoms with Crippen LogP contribution in [0.1, 0.15) is 66.7 Å². The first kappa shape index (κ1) is 16.5. The van der Waals surface area contributed by atoms with Crippen molar-refractivity contribution in [2.24, 2.45) is 17.3 Å². The Labute approximate surface area is 118 Å². The van der Waals surface area contributed by atoms with Gasteiger partial charge >= 0.3 is 0 Å². The average molecular weight is 269 g/mol. The zero-order chi connectivity index (χ0) is 14.7. The molecule has 1 atom stereocenters. The van der Waals surface area contributed by atoms with E-state index >= 15 is 0 Å². The third-order valence-electron chi connectivity index (χ3n) is 4.73. The van der Waals surface area contributed by atoms with Gasteiger partial charge in [-0.25, -0.2) is 0 Å². The Kier molecular flexibility index (Phi) is 5.43. The van der Waals surface area contributed by atoms with Gasteiger partial charge in [0.1, 0.15) is 0 Å². The van der Waals surface area contributed by atoms with Crippen LogP contribution in [0.4, 0.5) is 0 Å². The Morgan fingerprint density at radius 3 is 2.11 bits per heavy atom. The minimum absolute atomic E-state index is 0.126. The Morgan fingerprint density at radius 2 is 1.68 bits per heavy atom. The summed E-state index contributed by atoms with van der Waals surface area (Å²) < 4.78 is 0. The molecule has 1 fully saturated rings. The van der Waals surface area contributed by atoms with E-state index in [-0.39, 0.29) is 11.8 Å². The summed E-state index contributed by atoms with van der Waals surface area (Å²) in [5, 5.41) is 12.8. The first-order chi connectivity index (χ1) is 8.65. The molecule has 0 aromatic heterocycles. The first-order valence-corrected chi connectivity index (χ1v) is 7.66. The summed E-state index contributed by atoms with van der Waals surface area (Å²) >= 11 is 0. The van der Waals surface area contributed by atoms with Crippen molar-refractivity contribution in [3.05, 3.63) is 0 Å². The molecule has 0 spiro atoms. The monoisotopic (exact) mass is 269 g/mol. The number of aliphatic hydroxyl groups is 1. The fourth-order valence-corrected chi connectivity index (χ4v) is 2.77. The fourth-order valence-electron chi connectivity index (χ4n) is 2.77. The van der Waals surface area contributed by atoms with Gasteiger partial charge in [-0.15, -0.1) is 0 Å². The summed E-state index contributed by atoms with van der Waals surface area (Å²) in [5.74, 6) is 1.00. The lowest BCUT2D eigenvalue weighted by atomic mass is 9.69. The van der Waals surface area contributed by atoms with E-state index in [9.17, 15) is 9.90 Å². The maximum absolute atomic E-state index is 12.1. The number of rotatable bonds is 4. The van der Waals surface area contributed by atoms with Gasteiger partial charge in [0.2, 0.25) is 5.91 Å². The number of carbonyl (C=O) groups is 1. The van der Waals surface area contributed by atoms with Crippen molar-refractivity contribution in [2.45, 2.75) is 72.3 Å². The van der Waals surface area contributed by atoms with Crippen LogP contribution < -0.4 is 5.32 Å². The van der Waals surface area contributed by atoms with Crippen molar-refractivity contribution >= 4 is 5.91 Å². The van der Waals surface area contributed by atoms with Gasteiger partial charge in [-0.1, -0.05) is 27.7 Å². The van der Waals surface area contributed by atoms with Gasteiger partial charge in [0.15, 0.2) is 0 Å². The van der Waals surface area contributed by atoms with Crippen LogP contribution in [0.2, 0.25) is 0 Å². The Morgan fingerprint density at radius 1 is 1.16 bits per heavy atom. The maximum atomic E-state index is 12.1. The summed E-state index contributed by atoms with van der Waals surface area (Å²) in [7, 11) is 0. The van der Waals surface area contributed by atoms with Crippen LogP contribution in [0.5, 0.6) is 0 Å². The highest BCUT2D eigenvalue weighted by Crippen LogP contribution is 2.39. The number of nitrogens with one attached hydrogen (secondary N) is 1. The predicted molar refractivity (Wildman–Crippen MR) is 78.8 cm³/mol. The molecule has 0 saturated heterocycles. The van der Waals surface area contributed by atoms with Crippen molar-refractivity contribution < 1.29 is 9.90 Å². The van der Waals surface area contributed by atoms with E-state index in [0.717, 1.165) is 31.6 Å². The minimum Gasteiger partial charge on any atom is -0.388 e. The molecular formula is C16H31NO2. The molecule has 0 heterocycles. The lowest BCUT2D eigenvalue weighted by molar-refractivity contribution is -0.127. The molecule has 3 nitrogen and oxygen atoms in total. The highest BCUT2D eigenvalue weighted by Gasteiger charge is 2.32. The Balaban J connectivity index is 2.37. The van der Waals surface area contributed by atoms with E-state index in [2.05, 4.69) is 26.1 Å². The quantitative estimate of drug-likeness (QED) is 0.824. The van der Waals surface area contributed by atoms with E-state index < -0.39 is 5.60 Å². The summed E-state index contributed by atoms with van der Waals surface area (Å²) in [6.45, 7) is 10.9. The molecular weight excluding hydrogens is 238 g/mol. The molecule has 0 aromatic carbocycles. The fraction of sp³-hybridized carbons (Fsp3) is 0.938. The molecule has 3 heteroatoms. The molecule has 1 aliphatic rings. The van der Waals surface area contributed by atoms with Crippen LogP contribution >= 0.6 is 0 Å². The minimum atomic E-state index is -0.779. The molecule has 1 amide bonds. The van der Waals surface area contributed by atoms with E-state index in [1.165, 1.54) is 0 Å². The lowest BCUT2D eigenvalue weighted by Gasteiger charge is -2.36. The highest BCUT2D eigenvalue weighted by atomic mass is 16.3. The molecule has 1 rings (SSSR count). The second-order valence-electron chi connectivity index (χ2n) is 7.48. The van der Waals surface area contributed by atoms with Crippen molar-refractivity contribution in [2.75, 3.05) is 6.54 Å². The number of hydrogen-bond acceptors (Lipinski definition) is 2. The third kappa shape index (κ3) is 5.13. The summed E-state index contributed by atoms with van der Waals surface area (Å²) in [6.07, 6.45) is 4.92. The molecule has 19 heavy (non-hydrogen) atoms.